The average molecular weight is 252 g/mol. The minimum atomic E-state index is 0.299. The van der Waals surface area contributed by atoms with E-state index in [9.17, 15) is 0 Å². The summed E-state index contributed by atoms with van der Waals surface area (Å²) < 4.78 is 7.69. The Morgan fingerprint density at radius 2 is 2.44 bits per heavy atom. The molecule has 1 N–H and O–H groups in total. The lowest BCUT2D eigenvalue weighted by atomic mass is 10.00. The second-order valence-corrected chi connectivity index (χ2v) is 5.01. The van der Waals surface area contributed by atoms with Crippen LogP contribution < -0.4 is 5.32 Å². The van der Waals surface area contributed by atoms with Gasteiger partial charge < -0.3 is 10.1 Å². The molecule has 1 aromatic rings. The van der Waals surface area contributed by atoms with E-state index in [-0.39, 0.29) is 0 Å². The second-order valence-electron chi connectivity index (χ2n) is 5.01. The summed E-state index contributed by atoms with van der Waals surface area (Å²) in [5, 5.41) is 11.6. The van der Waals surface area contributed by atoms with Gasteiger partial charge in [-0.1, -0.05) is 12.1 Å². The molecule has 0 radical (unpaired) electrons. The topological polar surface area (TPSA) is 52.0 Å². The number of hydrogen-bond acceptors (Lipinski definition) is 4. The SMILES string of the molecule is CCCNC(CC1CCCCO1)c1cnnn1C. The maximum atomic E-state index is 5.84. The highest BCUT2D eigenvalue weighted by molar-refractivity contribution is 5.02. The van der Waals surface area contributed by atoms with Gasteiger partial charge >= 0.3 is 0 Å². The molecule has 2 atom stereocenters. The van der Waals surface area contributed by atoms with Gasteiger partial charge in [-0.05, 0) is 38.6 Å². The normalized spacial score (nSPS) is 22.0. The van der Waals surface area contributed by atoms with Crippen LogP contribution in [0.15, 0.2) is 6.20 Å². The van der Waals surface area contributed by atoms with Crippen molar-refractivity contribution in [1.82, 2.24) is 20.3 Å². The van der Waals surface area contributed by atoms with Gasteiger partial charge in [-0.3, -0.25) is 4.68 Å². The van der Waals surface area contributed by atoms with E-state index in [0.717, 1.165) is 31.7 Å². The van der Waals surface area contributed by atoms with Gasteiger partial charge in [-0.15, -0.1) is 5.10 Å². The van der Waals surface area contributed by atoms with Crippen LogP contribution in [0, 0.1) is 0 Å². The van der Waals surface area contributed by atoms with Crippen LogP contribution in [0.25, 0.3) is 0 Å². The molecule has 1 aromatic heterocycles. The number of ether oxygens (including phenoxy) is 1. The van der Waals surface area contributed by atoms with Gasteiger partial charge in [0.05, 0.1) is 24.0 Å². The van der Waals surface area contributed by atoms with E-state index in [1.165, 1.54) is 19.3 Å². The first-order chi connectivity index (χ1) is 8.81. The molecular formula is C13H24N4O. The summed E-state index contributed by atoms with van der Waals surface area (Å²) in [5.74, 6) is 0. The number of rotatable bonds is 6. The lowest BCUT2D eigenvalue weighted by Gasteiger charge is -2.27. The predicted octanol–water partition coefficient (Wildman–Crippen LogP) is 1.81. The molecule has 2 rings (SSSR count). The Morgan fingerprint density at radius 3 is 3.06 bits per heavy atom. The maximum absolute atomic E-state index is 5.84. The molecule has 1 saturated heterocycles. The zero-order valence-corrected chi connectivity index (χ0v) is 11.4. The van der Waals surface area contributed by atoms with Gasteiger partial charge in [-0.25, -0.2) is 0 Å². The molecule has 0 saturated carbocycles. The molecule has 0 spiro atoms. The quantitative estimate of drug-likeness (QED) is 0.839. The Balaban J connectivity index is 1.98. The highest BCUT2D eigenvalue weighted by Crippen LogP contribution is 2.24. The van der Waals surface area contributed by atoms with Crippen molar-refractivity contribution in [2.75, 3.05) is 13.2 Å². The summed E-state index contributed by atoms with van der Waals surface area (Å²) in [6, 6.07) is 0.299. The third kappa shape index (κ3) is 3.53. The van der Waals surface area contributed by atoms with Gasteiger partial charge in [0.15, 0.2) is 0 Å². The van der Waals surface area contributed by atoms with E-state index < -0.39 is 0 Å². The van der Waals surface area contributed by atoms with E-state index in [1.807, 2.05) is 17.9 Å². The fourth-order valence-electron chi connectivity index (χ4n) is 2.50. The van der Waals surface area contributed by atoms with Crippen molar-refractivity contribution in [2.24, 2.45) is 7.05 Å². The zero-order chi connectivity index (χ0) is 12.8. The summed E-state index contributed by atoms with van der Waals surface area (Å²) in [6.07, 6.45) is 8.05. The van der Waals surface area contributed by atoms with E-state index >= 15 is 0 Å². The average Bonchev–Trinajstić information content (AvgIpc) is 2.82. The van der Waals surface area contributed by atoms with Crippen LogP contribution in [0.3, 0.4) is 0 Å². The number of nitrogens with one attached hydrogen (secondary N) is 1. The molecular weight excluding hydrogens is 228 g/mol. The Labute approximate surface area is 109 Å². The van der Waals surface area contributed by atoms with Crippen molar-refractivity contribution < 1.29 is 4.74 Å². The van der Waals surface area contributed by atoms with Crippen molar-refractivity contribution in [1.29, 1.82) is 0 Å². The molecule has 2 unspecified atom stereocenters. The van der Waals surface area contributed by atoms with Gasteiger partial charge in [0, 0.05) is 13.7 Å². The Morgan fingerprint density at radius 1 is 1.56 bits per heavy atom. The first-order valence-electron chi connectivity index (χ1n) is 7.00. The summed E-state index contributed by atoms with van der Waals surface area (Å²) in [4.78, 5) is 0. The van der Waals surface area contributed by atoms with Gasteiger partial charge in [-0.2, -0.15) is 0 Å². The molecule has 0 amide bonds. The molecule has 0 aromatic carbocycles. The molecule has 1 fully saturated rings. The Kier molecular flexibility index (Phi) is 5.13. The number of nitrogens with zero attached hydrogens (tertiary/aromatic N) is 3. The maximum Gasteiger partial charge on any atom is 0.0754 e. The van der Waals surface area contributed by atoms with Crippen molar-refractivity contribution in [2.45, 2.75) is 51.2 Å². The van der Waals surface area contributed by atoms with Gasteiger partial charge in [0.25, 0.3) is 0 Å². The minimum Gasteiger partial charge on any atom is -0.378 e. The van der Waals surface area contributed by atoms with Crippen LogP contribution in [-0.2, 0) is 11.8 Å². The number of aryl methyl sites for hydroxylation is 1. The first-order valence-corrected chi connectivity index (χ1v) is 7.00. The molecule has 102 valence electrons. The molecule has 1 aliphatic heterocycles. The fraction of sp³-hybridized carbons (Fsp3) is 0.846. The highest BCUT2D eigenvalue weighted by atomic mass is 16.5. The third-order valence-corrected chi connectivity index (χ3v) is 3.52. The van der Waals surface area contributed by atoms with Crippen molar-refractivity contribution >= 4 is 0 Å². The molecule has 5 nitrogen and oxygen atoms in total. The summed E-state index contributed by atoms with van der Waals surface area (Å²) in [5.41, 5.74) is 1.15. The van der Waals surface area contributed by atoms with Crippen molar-refractivity contribution in [3.05, 3.63) is 11.9 Å². The van der Waals surface area contributed by atoms with Crippen LogP contribution in [-0.4, -0.2) is 34.2 Å². The molecule has 18 heavy (non-hydrogen) atoms. The zero-order valence-electron chi connectivity index (χ0n) is 11.4. The van der Waals surface area contributed by atoms with Crippen LogP contribution in [0.5, 0.6) is 0 Å². The van der Waals surface area contributed by atoms with E-state index in [0.29, 0.717) is 12.1 Å². The van der Waals surface area contributed by atoms with Gasteiger partial charge in [0.2, 0.25) is 0 Å². The Hall–Kier alpha value is -0.940. The largest absolute Gasteiger partial charge is 0.378 e. The monoisotopic (exact) mass is 252 g/mol. The van der Waals surface area contributed by atoms with Crippen LogP contribution in [0.4, 0.5) is 0 Å². The third-order valence-electron chi connectivity index (χ3n) is 3.52. The number of aromatic nitrogens is 3. The van der Waals surface area contributed by atoms with Gasteiger partial charge in [0.1, 0.15) is 0 Å². The van der Waals surface area contributed by atoms with Crippen LogP contribution >= 0.6 is 0 Å². The van der Waals surface area contributed by atoms with E-state index in [1.54, 1.807) is 0 Å². The first kappa shape index (κ1) is 13.5. The van der Waals surface area contributed by atoms with Crippen LogP contribution in [0.1, 0.15) is 50.8 Å². The molecule has 5 heteroatoms. The lowest BCUT2D eigenvalue weighted by molar-refractivity contribution is 0.00458. The number of hydrogen-bond donors (Lipinski definition) is 1. The highest BCUT2D eigenvalue weighted by Gasteiger charge is 2.22. The lowest BCUT2D eigenvalue weighted by Crippen LogP contribution is -2.30. The molecule has 1 aliphatic rings. The molecule has 0 aliphatic carbocycles. The van der Waals surface area contributed by atoms with E-state index in [2.05, 4.69) is 22.6 Å². The van der Waals surface area contributed by atoms with Crippen molar-refractivity contribution in [3.63, 3.8) is 0 Å². The second kappa shape index (κ2) is 6.85. The van der Waals surface area contributed by atoms with Crippen molar-refractivity contribution in [3.8, 4) is 0 Å². The van der Waals surface area contributed by atoms with E-state index in [4.69, 9.17) is 4.74 Å². The summed E-state index contributed by atoms with van der Waals surface area (Å²) in [7, 11) is 1.95. The summed E-state index contributed by atoms with van der Waals surface area (Å²) >= 11 is 0. The molecule has 0 bridgehead atoms. The smallest absolute Gasteiger partial charge is 0.0754 e. The standard InChI is InChI=1S/C13H24N4O/c1-3-7-14-12(13-10-15-16-17(13)2)9-11-6-4-5-8-18-11/h10-12,14H,3-9H2,1-2H3. The minimum absolute atomic E-state index is 0.299. The Bertz CT molecular complexity index is 347. The summed E-state index contributed by atoms with van der Waals surface area (Å²) in [6.45, 7) is 4.11. The molecule has 2 heterocycles. The van der Waals surface area contributed by atoms with Crippen LogP contribution in [0.2, 0.25) is 0 Å². The predicted molar refractivity (Wildman–Crippen MR) is 70.2 cm³/mol. The fourth-order valence-corrected chi connectivity index (χ4v) is 2.50.